The maximum atomic E-state index is 11.9. The molecule has 0 fully saturated rings. The summed E-state index contributed by atoms with van der Waals surface area (Å²) < 4.78 is 0. The van der Waals surface area contributed by atoms with Crippen molar-refractivity contribution >= 4 is 17.6 Å². The number of nitrogens with one attached hydrogen (secondary N) is 2. The van der Waals surface area contributed by atoms with E-state index in [0.29, 0.717) is 24.5 Å². The van der Waals surface area contributed by atoms with Gasteiger partial charge in [-0.05, 0) is 18.6 Å². The summed E-state index contributed by atoms with van der Waals surface area (Å²) in [6, 6.07) is 3.29. The lowest BCUT2D eigenvalue weighted by Gasteiger charge is -2.08. The largest absolute Gasteiger partial charge is 0.384 e. The van der Waals surface area contributed by atoms with Crippen LogP contribution in [0.5, 0.6) is 0 Å². The van der Waals surface area contributed by atoms with Crippen LogP contribution in [0, 0.1) is 0 Å². The van der Waals surface area contributed by atoms with Crippen molar-refractivity contribution in [2.24, 2.45) is 0 Å². The number of hydrogen-bond donors (Lipinski definition) is 3. The first-order valence-corrected chi connectivity index (χ1v) is 6.32. The second-order valence-electron chi connectivity index (χ2n) is 4.26. The quantitative estimate of drug-likeness (QED) is 0.651. The number of nitrogens with zero attached hydrogens (tertiary/aromatic N) is 1. The number of pyridine rings is 1. The molecule has 19 heavy (non-hydrogen) atoms. The van der Waals surface area contributed by atoms with Crippen LogP contribution in [0.1, 0.15) is 36.3 Å². The molecule has 1 aromatic heterocycles. The molecule has 104 valence electrons. The second kappa shape index (κ2) is 7.35. The van der Waals surface area contributed by atoms with Gasteiger partial charge < -0.3 is 16.4 Å². The molecular formula is C13H20N4O2. The number of rotatable bonds is 6. The first-order valence-electron chi connectivity index (χ1n) is 6.32. The van der Waals surface area contributed by atoms with Crippen molar-refractivity contribution < 1.29 is 9.59 Å². The number of hydrogen-bond acceptors (Lipinski definition) is 4. The third-order valence-corrected chi connectivity index (χ3v) is 2.45. The van der Waals surface area contributed by atoms with Crippen molar-refractivity contribution in [3.63, 3.8) is 0 Å². The fraction of sp³-hybridized carbons (Fsp3) is 0.462. The number of nitrogen functional groups attached to an aromatic ring is 1. The summed E-state index contributed by atoms with van der Waals surface area (Å²) in [6.07, 6.45) is 1.73. The van der Waals surface area contributed by atoms with Crippen molar-refractivity contribution in [1.82, 2.24) is 15.6 Å². The average Bonchev–Trinajstić information content (AvgIpc) is 2.34. The van der Waals surface area contributed by atoms with Gasteiger partial charge in [-0.2, -0.15) is 0 Å². The minimum atomic E-state index is -0.211. The molecule has 0 spiro atoms. The molecule has 4 N–H and O–H groups in total. The van der Waals surface area contributed by atoms with E-state index >= 15 is 0 Å². The Kier molecular flexibility index (Phi) is 5.78. The zero-order chi connectivity index (χ0) is 14.3. The zero-order valence-electron chi connectivity index (χ0n) is 11.3. The van der Waals surface area contributed by atoms with Gasteiger partial charge in [-0.25, -0.2) is 4.98 Å². The Morgan fingerprint density at radius 3 is 2.58 bits per heavy atom. The van der Waals surface area contributed by atoms with E-state index in [-0.39, 0.29) is 11.8 Å². The smallest absolute Gasteiger partial charge is 0.251 e. The van der Waals surface area contributed by atoms with Crippen molar-refractivity contribution in [3.8, 4) is 0 Å². The Morgan fingerprint density at radius 1 is 1.26 bits per heavy atom. The molecule has 0 radical (unpaired) electrons. The van der Waals surface area contributed by atoms with Crippen molar-refractivity contribution in [1.29, 1.82) is 0 Å². The van der Waals surface area contributed by atoms with Gasteiger partial charge >= 0.3 is 0 Å². The van der Waals surface area contributed by atoms with Gasteiger partial charge in [-0.15, -0.1) is 0 Å². The number of aryl methyl sites for hydroxylation is 1. The number of carbonyl (C=O) groups is 2. The van der Waals surface area contributed by atoms with Gasteiger partial charge in [0.05, 0.1) is 0 Å². The Hall–Kier alpha value is -2.11. The summed E-state index contributed by atoms with van der Waals surface area (Å²) in [7, 11) is 0. The van der Waals surface area contributed by atoms with E-state index in [9.17, 15) is 9.59 Å². The molecule has 0 saturated heterocycles. The zero-order valence-corrected chi connectivity index (χ0v) is 11.3. The molecule has 0 aromatic carbocycles. The van der Waals surface area contributed by atoms with Gasteiger partial charge in [0, 0.05) is 31.3 Å². The predicted octanol–water partition coefficient (Wildman–Crippen LogP) is 0.482. The summed E-state index contributed by atoms with van der Waals surface area (Å²) in [5.74, 6) is 0.0161. The van der Waals surface area contributed by atoms with Gasteiger partial charge in [0.25, 0.3) is 5.91 Å². The molecule has 0 unspecified atom stereocenters. The van der Waals surface area contributed by atoms with Crippen LogP contribution in [-0.2, 0) is 11.2 Å². The lowest BCUT2D eigenvalue weighted by molar-refractivity contribution is -0.118. The highest BCUT2D eigenvalue weighted by molar-refractivity contribution is 5.94. The standard InChI is InChI=1S/C13H20N4O2/c1-3-4-11-7-10(8-12(14)17-11)13(19)16-6-5-15-9(2)18/h7-8H,3-6H2,1-2H3,(H2,14,17)(H,15,18)(H,16,19). The van der Waals surface area contributed by atoms with E-state index in [4.69, 9.17) is 5.73 Å². The topological polar surface area (TPSA) is 97.1 Å². The summed E-state index contributed by atoms with van der Waals surface area (Å²) in [5, 5.41) is 5.32. The van der Waals surface area contributed by atoms with Gasteiger partial charge in [-0.1, -0.05) is 13.3 Å². The van der Waals surface area contributed by atoms with Gasteiger partial charge in [0.15, 0.2) is 0 Å². The highest BCUT2D eigenvalue weighted by Gasteiger charge is 2.08. The molecule has 6 nitrogen and oxygen atoms in total. The Bertz CT molecular complexity index is 460. The van der Waals surface area contributed by atoms with Gasteiger partial charge in [0.2, 0.25) is 5.91 Å². The van der Waals surface area contributed by atoms with Gasteiger partial charge in [0.1, 0.15) is 5.82 Å². The Labute approximate surface area is 112 Å². The summed E-state index contributed by atoms with van der Waals surface area (Å²) >= 11 is 0. The molecule has 1 rings (SSSR count). The summed E-state index contributed by atoms with van der Waals surface area (Å²) in [5.41, 5.74) is 6.99. The predicted molar refractivity (Wildman–Crippen MR) is 73.7 cm³/mol. The molecule has 2 amide bonds. The lowest BCUT2D eigenvalue weighted by atomic mass is 10.1. The molecule has 1 aromatic rings. The molecule has 0 bridgehead atoms. The number of carbonyl (C=O) groups excluding carboxylic acids is 2. The van der Waals surface area contributed by atoms with Crippen molar-refractivity contribution in [2.75, 3.05) is 18.8 Å². The van der Waals surface area contributed by atoms with E-state index in [0.717, 1.165) is 18.5 Å². The molecule has 0 aliphatic carbocycles. The number of aromatic nitrogens is 1. The normalized spacial score (nSPS) is 10.0. The molecular weight excluding hydrogens is 244 g/mol. The van der Waals surface area contributed by atoms with Crippen LogP contribution in [-0.4, -0.2) is 29.9 Å². The minimum Gasteiger partial charge on any atom is -0.384 e. The van der Waals surface area contributed by atoms with Crippen LogP contribution >= 0.6 is 0 Å². The fourth-order valence-electron chi connectivity index (χ4n) is 1.64. The van der Waals surface area contributed by atoms with E-state index in [1.807, 2.05) is 6.92 Å². The van der Waals surface area contributed by atoms with E-state index in [2.05, 4.69) is 15.6 Å². The SMILES string of the molecule is CCCc1cc(C(=O)NCCNC(C)=O)cc(N)n1. The lowest BCUT2D eigenvalue weighted by Crippen LogP contribution is -2.33. The van der Waals surface area contributed by atoms with E-state index < -0.39 is 0 Å². The number of nitrogens with two attached hydrogens (primary N) is 1. The van der Waals surface area contributed by atoms with E-state index in [1.165, 1.54) is 6.92 Å². The fourth-order valence-corrected chi connectivity index (χ4v) is 1.64. The average molecular weight is 264 g/mol. The van der Waals surface area contributed by atoms with Crippen LogP contribution in [0.25, 0.3) is 0 Å². The first-order chi connectivity index (χ1) is 9.02. The minimum absolute atomic E-state index is 0.118. The molecule has 0 atom stereocenters. The molecule has 0 aliphatic rings. The van der Waals surface area contributed by atoms with Crippen LogP contribution < -0.4 is 16.4 Å². The third kappa shape index (κ3) is 5.37. The van der Waals surface area contributed by atoms with Crippen LogP contribution in [0.4, 0.5) is 5.82 Å². The Morgan fingerprint density at radius 2 is 1.95 bits per heavy atom. The van der Waals surface area contributed by atoms with Gasteiger partial charge in [-0.3, -0.25) is 9.59 Å². The highest BCUT2D eigenvalue weighted by Crippen LogP contribution is 2.09. The van der Waals surface area contributed by atoms with Crippen molar-refractivity contribution in [2.45, 2.75) is 26.7 Å². The first kappa shape index (κ1) is 14.9. The second-order valence-corrected chi connectivity index (χ2v) is 4.26. The van der Waals surface area contributed by atoms with Crippen LogP contribution in [0.15, 0.2) is 12.1 Å². The number of anilines is 1. The van der Waals surface area contributed by atoms with Crippen molar-refractivity contribution in [3.05, 3.63) is 23.4 Å². The molecule has 0 aliphatic heterocycles. The highest BCUT2D eigenvalue weighted by atomic mass is 16.2. The Balaban J connectivity index is 2.58. The summed E-state index contributed by atoms with van der Waals surface area (Å²) in [6.45, 7) is 4.26. The third-order valence-electron chi connectivity index (χ3n) is 2.45. The summed E-state index contributed by atoms with van der Waals surface area (Å²) in [4.78, 5) is 26.7. The monoisotopic (exact) mass is 264 g/mol. The van der Waals surface area contributed by atoms with Crippen LogP contribution in [0.2, 0.25) is 0 Å². The van der Waals surface area contributed by atoms with Crippen LogP contribution in [0.3, 0.4) is 0 Å². The number of amides is 2. The molecule has 0 saturated carbocycles. The maximum absolute atomic E-state index is 11.9. The maximum Gasteiger partial charge on any atom is 0.251 e. The molecule has 1 heterocycles. The van der Waals surface area contributed by atoms with E-state index in [1.54, 1.807) is 12.1 Å². The molecule has 6 heteroatoms.